The van der Waals surface area contributed by atoms with Crippen molar-refractivity contribution in [1.29, 1.82) is 0 Å². The molecule has 0 heterocycles. The number of rotatable bonds is 6. The fourth-order valence-electron chi connectivity index (χ4n) is 2.77. The zero-order valence-electron chi connectivity index (χ0n) is 15.3. The summed E-state index contributed by atoms with van der Waals surface area (Å²) in [5.74, 6) is 0.248. The molecule has 27 heavy (non-hydrogen) atoms. The topological polar surface area (TPSA) is 55.4 Å². The maximum absolute atomic E-state index is 12.5. The number of ketones is 1. The van der Waals surface area contributed by atoms with Gasteiger partial charge in [0.1, 0.15) is 5.75 Å². The lowest BCUT2D eigenvalue weighted by atomic mass is 10.1. The third-order valence-corrected chi connectivity index (χ3v) is 4.22. The SMILES string of the molecule is Cc1ccccc1C(=O)Nc1cccc(O[C@H](C)C(=O)c2ccccc2)c1. The average Bonchev–Trinajstić information content (AvgIpc) is 2.68. The Morgan fingerprint density at radius 1 is 0.889 bits per heavy atom. The van der Waals surface area contributed by atoms with E-state index in [1.165, 1.54) is 0 Å². The van der Waals surface area contributed by atoms with Gasteiger partial charge in [0.2, 0.25) is 5.78 Å². The Hall–Kier alpha value is -3.40. The number of nitrogens with one attached hydrogen (secondary N) is 1. The number of ether oxygens (including phenoxy) is 1. The van der Waals surface area contributed by atoms with Gasteiger partial charge < -0.3 is 10.1 Å². The van der Waals surface area contributed by atoms with E-state index in [0.717, 1.165) is 5.56 Å². The molecule has 0 aliphatic carbocycles. The van der Waals surface area contributed by atoms with Crippen LogP contribution in [-0.4, -0.2) is 17.8 Å². The quantitative estimate of drug-likeness (QED) is 0.637. The summed E-state index contributed by atoms with van der Waals surface area (Å²) in [7, 11) is 0. The molecular formula is C23H21NO3. The van der Waals surface area contributed by atoms with Crippen molar-refractivity contribution in [3.8, 4) is 5.75 Å². The Morgan fingerprint density at radius 3 is 2.33 bits per heavy atom. The third-order valence-electron chi connectivity index (χ3n) is 4.22. The first kappa shape index (κ1) is 18.4. The van der Waals surface area contributed by atoms with Gasteiger partial charge in [0.15, 0.2) is 6.10 Å². The summed E-state index contributed by atoms with van der Waals surface area (Å²) < 4.78 is 5.78. The zero-order valence-corrected chi connectivity index (χ0v) is 15.3. The maximum atomic E-state index is 12.5. The summed E-state index contributed by atoms with van der Waals surface area (Å²) in [5, 5.41) is 2.87. The van der Waals surface area contributed by atoms with Gasteiger partial charge in [-0.1, -0.05) is 54.6 Å². The van der Waals surface area contributed by atoms with Gasteiger partial charge in [0.25, 0.3) is 5.91 Å². The van der Waals surface area contributed by atoms with Gasteiger partial charge in [-0.25, -0.2) is 0 Å². The summed E-state index contributed by atoms with van der Waals surface area (Å²) >= 11 is 0. The molecule has 0 aliphatic heterocycles. The standard InChI is InChI=1S/C23H21NO3/c1-16-9-6-7-14-21(16)23(26)24-19-12-8-13-20(15-19)27-17(2)22(25)18-10-4-3-5-11-18/h3-15,17H,1-2H3,(H,24,26)/t17-/m1/s1. The molecule has 3 aromatic rings. The van der Waals surface area contributed by atoms with Gasteiger partial charge in [0, 0.05) is 22.9 Å². The highest BCUT2D eigenvalue weighted by atomic mass is 16.5. The Morgan fingerprint density at radius 2 is 1.59 bits per heavy atom. The molecule has 0 bridgehead atoms. The van der Waals surface area contributed by atoms with Crippen LogP contribution in [0.3, 0.4) is 0 Å². The second-order valence-electron chi connectivity index (χ2n) is 6.29. The highest BCUT2D eigenvalue weighted by Crippen LogP contribution is 2.21. The first-order valence-corrected chi connectivity index (χ1v) is 8.77. The van der Waals surface area contributed by atoms with Gasteiger partial charge in [-0.2, -0.15) is 0 Å². The summed E-state index contributed by atoms with van der Waals surface area (Å²) in [4.78, 5) is 24.9. The second kappa shape index (κ2) is 8.32. The normalized spacial score (nSPS) is 11.5. The minimum absolute atomic E-state index is 0.0926. The minimum atomic E-state index is -0.630. The van der Waals surface area contributed by atoms with Crippen molar-refractivity contribution in [2.45, 2.75) is 20.0 Å². The van der Waals surface area contributed by atoms with Crippen molar-refractivity contribution < 1.29 is 14.3 Å². The predicted octanol–water partition coefficient (Wildman–Crippen LogP) is 4.90. The van der Waals surface area contributed by atoms with Crippen molar-refractivity contribution in [3.63, 3.8) is 0 Å². The van der Waals surface area contributed by atoms with Gasteiger partial charge in [-0.05, 0) is 37.6 Å². The van der Waals surface area contributed by atoms with Crippen molar-refractivity contribution in [2.24, 2.45) is 0 Å². The zero-order chi connectivity index (χ0) is 19.2. The van der Waals surface area contributed by atoms with Crippen molar-refractivity contribution in [1.82, 2.24) is 0 Å². The number of anilines is 1. The fraction of sp³-hybridized carbons (Fsp3) is 0.130. The predicted molar refractivity (Wildman–Crippen MR) is 106 cm³/mol. The highest BCUT2D eigenvalue weighted by molar-refractivity contribution is 6.05. The monoisotopic (exact) mass is 359 g/mol. The number of benzene rings is 3. The third kappa shape index (κ3) is 4.61. The molecule has 0 aromatic heterocycles. The summed E-state index contributed by atoms with van der Waals surface area (Å²) in [6.45, 7) is 3.61. The molecule has 1 N–H and O–H groups in total. The van der Waals surface area contributed by atoms with Crippen molar-refractivity contribution >= 4 is 17.4 Å². The molecule has 0 saturated carbocycles. The molecule has 0 aliphatic rings. The van der Waals surface area contributed by atoms with Gasteiger partial charge in [-0.15, -0.1) is 0 Å². The van der Waals surface area contributed by atoms with Crippen molar-refractivity contribution in [3.05, 3.63) is 95.6 Å². The van der Waals surface area contributed by atoms with Crippen LogP contribution in [0.2, 0.25) is 0 Å². The Kier molecular flexibility index (Phi) is 5.67. The lowest BCUT2D eigenvalue weighted by Crippen LogP contribution is -2.23. The minimum Gasteiger partial charge on any atom is -0.482 e. The van der Waals surface area contributed by atoms with Gasteiger partial charge in [-0.3, -0.25) is 9.59 Å². The van der Waals surface area contributed by atoms with E-state index in [1.807, 2.05) is 43.3 Å². The van der Waals surface area contributed by atoms with Crippen LogP contribution < -0.4 is 10.1 Å². The van der Waals surface area contributed by atoms with E-state index in [4.69, 9.17) is 4.74 Å². The Bertz CT molecular complexity index is 951. The molecule has 0 spiro atoms. The first-order chi connectivity index (χ1) is 13.0. The van der Waals surface area contributed by atoms with E-state index in [2.05, 4.69) is 5.32 Å². The fourth-order valence-corrected chi connectivity index (χ4v) is 2.77. The van der Waals surface area contributed by atoms with Gasteiger partial charge in [0.05, 0.1) is 0 Å². The molecule has 4 heteroatoms. The average molecular weight is 359 g/mol. The molecule has 0 unspecified atom stereocenters. The molecule has 0 fully saturated rings. The Labute approximate surface area is 158 Å². The molecule has 4 nitrogen and oxygen atoms in total. The van der Waals surface area contributed by atoms with E-state index in [0.29, 0.717) is 22.6 Å². The number of aryl methyl sites for hydroxylation is 1. The lowest BCUT2D eigenvalue weighted by Gasteiger charge is -2.15. The van der Waals surface area contributed by atoms with Crippen LogP contribution in [0, 0.1) is 6.92 Å². The van der Waals surface area contributed by atoms with E-state index in [9.17, 15) is 9.59 Å². The molecule has 1 atom stereocenters. The molecule has 3 aromatic carbocycles. The molecule has 3 rings (SSSR count). The number of Topliss-reactive ketones (excluding diaryl/α,β-unsaturated/α-hetero) is 1. The smallest absolute Gasteiger partial charge is 0.255 e. The van der Waals surface area contributed by atoms with Crippen LogP contribution in [0.25, 0.3) is 0 Å². The number of carbonyl (C=O) groups is 2. The van der Waals surface area contributed by atoms with Crippen molar-refractivity contribution in [2.75, 3.05) is 5.32 Å². The molecule has 1 amide bonds. The summed E-state index contributed by atoms with van der Waals surface area (Å²) in [6, 6.07) is 23.5. The second-order valence-corrected chi connectivity index (χ2v) is 6.29. The van der Waals surface area contributed by atoms with E-state index in [-0.39, 0.29) is 11.7 Å². The van der Waals surface area contributed by atoms with E-state index >= 15 is 0 Å². The van der Waals surface area contributed by atoms with Crippen LogP contribution in [0.1, 0.15) is 33.2 Å². The van der Waals surface area contributed by atoms with E-state index < -0.39 is 6.10 Å². The number of hydrogen-bond acceptors (Lipinski definition) is 3. The molecular weight excluding hydrogens is 338 g/mol. The number of amides is 1. The maximum Gasteiger partial charge on any atom is 0.255 e. The number of carbonyl (C=O) groups excluding carboxylic acids is 2. The van der Waals surface area contributed by atoms with Crippen LogP contribution in [0.15, 0.2) is 78.9 Å². The largest absolute Gasteiger partial charge is 0.482 e. The summed E-state index contributed by atoms with van der Waals surface area (Å²) in [5.41, 5.74) is 2.75. The molecule has 136 valence electrons. The first-order valence-electron chi connectivity index (χ1n) is 8.77. The molecule has 0 radical (unpaired) electrons. The van der Waals surface area contributed by atoms with Crippen LogP contribution >= 0.6 is 0 Å². The van der Waals surface area contributed by atoms with Gasteiger partial charge >= 0.3 is 0 Å². The molecule has 0 saturated heterocycles. The Balaban J connectivity index is 1.69. The lowest BCUT2D eigenvalue weighted by molar-refractivity contribution is 0.0818. The van der Waals surface area contributed by atoms with Crippen LogP contribution in [0.5, 0.6) is 5.75 Å². The number of hydrogen-bond donors (Lipinski definition) is 1. The van der Waals surface area contributed by atoms with Crippen LogP contribution in [-0.2, 0) is 0 Å². The van der Waals surface area contributed by atoms with E-state index in [1.54, 1.807) is 49.4 Å². The van der Waals surface area contributed by atoms with Crippen LogP contribution in [0.4, 0.5) is 5.69 Å². The summed E-state index contributed by atoms with van der Waals surface area (Å²) in [6.07, 6.45) is -0.630. The highest BCUT2D eigenvalue weighted by Gasteiger charge is 2.17.